The lowest BCUT2D eigenvalue weighted by Gasteiger charge is -2.12. The molecule has 0 saturated carbocycles. The first-order valence-electron chi connectivity index (χ1n) is 8.77. The number of carbonyl (C=O) groups excluding carboxylic acids is 1. The first-order valence-corrected chi connectivity index (χ1v) is 8.77. The molecule has 1 atom stereocenters. The lowest BCUT2D eigenvalue weighted by atomic mass is 10.1. The van der Waals surface area contributed by atoms with Gasteiger partial charge in [0.05, 0.1) is 6.42 Å². The van der Waals surface area contributed by atoms with E-state index in [1.54, 1.807) is 11.4 Å². The molecule has 0 spiro atoms. The first-order chi connectivity index (χ1) is 13.5. The summed E-state index contributed by atoms with van der Waals surface area (Å²) in [7, 11) is 0. The van der Waals surface area contributed by atoms with Crippen molar-refractivity contribution in [3.05, 3.63) is 59.5 Å². The SMILES string of the molecule is Cc1nc2ncnn2c(C)c1CC(=O)O[C@@H](C)c1nnc(-c2ccccc2)o1. The Labute approximate surface area is 160 Å². The van der Waals surface area contributed by atoms with Gasteiger partial charge < -0.3 is 9.15 Å². The molecule has 4 rings (SSSR count). The van der Waals surface area contributed by atoms with Gasteiger partial charge >= 0.3 is 5.97 Å². The molecular weight excluding hydrogens is 360 g/mol. The minimum Gasteiger partial charge on any atom is -0.452 e. The van der Waals surface area contributed by atoms with E-state index in [2.05, 4.69) is 25.3 Å². The average Bonchev–Trinajstić information content (AvgIpc) is 3.35. The third-order valence-corrected chi connectivity index (χ3v) is 4.43. The van der Waals surface area contributed by atoms with Crippen LogP contribution in [0, 0.1) is 13.8 Å². The maximum Gasteiger partial charge on any atom is 0.311 e. The molecule has 0 bridgehead atoms. The monoisotopic (exact) mass is 378 g/mol. The summed E-state index contributed by atoms with van der Waals surface area (Å²) in [5, 5.41) is 12.1. The van der Waals surface area contributed by atoms with Gasteiger partial charge in [-0.1, -0.05) is 18.2 Å². The van der Waals surface area contributed by atoms with Crippen LogP contribution in [0.25, 0.3) is 17.2 Å². The van der Waals surface area contributed by atoms with Gasteiger partial charge in [-0.2, -0.15) is 10.1 Å². The number of hydrogen-bond acceptors (Lipinski definition) is 8. The fraction of sp³-hybridized carbons (Fsp3) is 0.263. The fourth-order valence-corrected chi connectivity index (χ4v) is 2.94. The summed E-state index contributed by atoms with van der Waals surface area (Å²) in [6.45, 7) is 5.39. The van der Waals surface area contributed by atoms with Gasteiger partial charge in [0.15, 0.2) is 6.10 Å². The van der Waals surface area contributed by atoms with Gasteiger partial charge in [-0.15, -0.1) is 10.2 Å². The zero-order valence-corrected chi connectivity index (χ0v) is 15.7. The van der Waals surface area contributed by atoms with Crippen molar-refractivity contribution in [3.8, 4) is 11.5 Å². The Morgan fingerprint density at radius 2 is 2.00 bits per heavy atom. The van der Waals surface area contributed by atoms with Crippen LogP contribution < -0.4 is 0 Å². The molecule has 0 unspecified atom stereocenters. The highest BCUT2D eigenvalue weighted by atomic mass is 16.6. The van der Waals surface area contributed by atoms with Crippen LogP contribution in [-0.2, 0) is 16.0 Å². The summed E-state index contributed by atoms with van der Waals surface area (Å²) >= 11 is 0. The van der Waals surface area contributed by atoms with Gasteiger partial charge in [0.25, 0.3) is 11.7 Å². The Hall–Kier alpha value is -3.62. The summed E-state index contributed by atoms with van der Waals surface area (Å²) in [6.07, 6.45) is 0.824. The molecule has 28 heavy (non-hydrogen) atoms. The molecule has 142 valence electrons. The van der Waals surface area contributed by atoms with Crippen LogP contribution in [0.2, 0.25) is 0 Å². The molecule has 9 heteroatoms. The predicted molar refractivity (Wildman–Crippen MR) is 98.2 cm³/mol. The van der Waals surface area contributed by atoms with Crippen molar-refractivity contribution in [3.63, 3.8) is 0 Å². The van der Waals surface area contributed by atoms with E-state index in [-0.39, 0.29) is 12.3 Å². The first kappa shape index (κ1) is 17.8. The molecule has 9 nitrogen and oxygen atoms in total. The fourth-order valence-electron chi connectivity index (χ4n) is 2.94. The zero-order valence-electron chi connectivity index (χ0n) is 15.7. The van der Waals surface area contributed by atoms with E-state index in [0.717, 1.165) is 16.8 Å². The van der Waals surface area contributed by atoms with Gasteiger partial charge in [-0.05, 0) is 32.9 Å². The van der Waals surface area contributed by atoms with Crippen molar-refractivity contribution in [1.82, 2.24) is 29.8 Å². The highest BCUT2D eigenvalue weighted by Gasteiger charge is 2.21. The Balaban J connectivity index is 1.48. The van der Waals surface area contributed by atoms with E-state index >= 15 is 0 Å². The normalized spacial score (nSPS) is 12.2. The van der Waals surface area contributed by atoms with Gasteiger partial charge in [0, 0.05) is 22.5 Å². The molecule has 0 aliphatic rings. The second-order valence-electron chi connectivity index (χ2n) is 6.35. The number of ether oxygens (including phenoxy) is 1. The van der Waals surface area contributed by atoms with Crippen molar-refractivity contribution in [2.24, 2.45) is 0 Å². The number of nitrogens with zero attached hydrogens (tertiary/aromatic N) is 6. The van der Waals surface area contributed by atoms with Gasteiger partial charge in [0.1, 0.15) is 6.33 Å². The van der Waals surface area contributed by atoms with Crippen LogP contribution in [0.5, 0.6) is 0 Å². The highest BCUT2D eigenvalue weighted by Crippen LogP contribution is 2.23. The van der Waals surface area contributed by atoms with Crippen molar-refractivity contribution in [1.29, 1.82) is 0 Å². The number of benzene rings is 1. The van der Waals surface area contributed by atoms with E-state index < -0.39 is 12.1 Å². The Morgan fingerprint density at radius 1 is 1.21 bits per heavy atom. The summed E-state index contributed by atoms with van der Waals surface area (Å²) in [6, 6.07) is 9.40. The summed E-state index contributed by atoms with van der Waals surface area (Å²) in [4.78, 5) is 20.9. The second-order valence-corrected chi connectivity index (χ2v) is 6.35. The van der Waals surface area contributed by atoms with Crippen LogP contribution >= 0.6 is 0 Å². The van der Waals surface area contributed by atoms with Crippen molar-refractivity contribution < 1.29 is 13.9 Å². The zero-order chi connectivity index (χ0) is 19.7. The minimum atomic E-state index is -0.666. The molecule has 0 radical (unpaired) electrons. The number of carbonyl (C=O) groups is 1. The molecule has 3 heterocycles. The summed E-state index contributed by atoms with van der Waals surface area (Å²) in [5.74, 6) is 0.704. The topological polar surface area (TPSA) is 108 Å². The van der Waals surface area contributed by atoms with Crippen LogP contribution in [0.3, 0.4) is 0 Å². The minimum absolute atomic E-state index is 0.0600. The van der Waals surface area contributed by atoms with E-state index in [9.17, 15) is 4.79 Å². The van der Waals surface area contributed by atoms with Crippen molar-refractivity contribution >= 4 is 11.7 Å². The molecule has 0 amide bonds. The highest BCUT2D eigenvalue weighted by molar-refractivity contribution is 5.73. The van der Waals surface area contributed by atoms with E-state index in [1.807, 2.05) is 44.2 Å². The Kier molecular flexibility index (Phi) is 4.56. The quantitative estimate of drug-likeness (QED) is 0.488. The summed E-state index contributed by atoms with van der Waals surface area (Å²) in [5.41, 5.74) is 3.07. The summed E-state index contributed by atoms with van der Waals surface area (Å²) < 4.78 is 12.7. The maximum absolute atomic E-state index is 12.5. The number of hydrogen-bond donors (Lipinski definition) is 0. The van der Waals surface area contributed by atoms with E-state index in [1.165, 1.54) is 6.33 Å². The molecule has 0 N–H and O–H groups in total. The molecular formula is C19H18N6O3. The molecule has 1 aromatic carbocycles. The van der Waals surface area contributed by atoms with E-state index in [4.69, 9.17) is 9.15 Å². The predicted octanol–water partition coefficient (Wildman–Crippen LogP) is 2.64. The lowest BCUT2D eigenvalue weighted by Crippen LogP contribution is -2.15. The maximum atomic E-state index is 12.5. The number of rotatable bonds is 5. The lowest BCUT2D eigenvalue weighted by molar-refractivity contribution is -0.148. The number of aromatic nitrogens is 6. The van der Waals surface area contributed by atoms with Crippen molar-refractivity contribution in [2.75, 3.05) is 0 Å². The molecule has 3 aromatic heterocycles. The standard InChI is InChI=1S/C19H18N6O3/c1-11-15(12(2)25-19(22-11)20-10-21-25)9-16(26)27-13(3)17-23-24-18(28-17)14-7-5-4-6-8-14/h4-8,10,13H,9H2,1-3H3/t13-/m0/s1. The second kappa shape index (κ2) is 7.18. The smallest absolute Gasteiger partial charge is 0.311 e. The number of aryl methyl sites for hydroxylation is 2. The molecule has 0 aliphatic heterocycles. The van der Waals surface area contributed by atoms with Crippen LogP contribution in [0.1, 0.15) is 35.9 Å². The number of esters is 1. The van der Waals surface area contributed by atoms with Gasteiger partial charge in [-0.3, -0.25) is 4.79 Å². The van der Waals surface area contributed by atoms with Crippen LogP contribution in [0.4, 0.5) is 0 Å². The Morgan fingerprint density at radius 3 is 2.79 bits per heavy atom. The molecule has 0 saturated heterocycles. The number of fused-ring (bicyclic) bond motifs is 1. The Bertz CT molecular complexity index is 1140. The molecule has 4 aromatic rings. The average molecular weight is 378 g/mol. The van der Waals surface area contributed by atoms with Gasteiger partial charge in [0.2, 0.25) is 5.89 Å². The molecule has 0 fully saturated rings. The van der Waals surface area contributed by atoms with Gasteiger partial charge in [-0.25, -0.2) is 9.50 Å². The van der Waals surface area contributed by atoms with Crippen LogP contribution in [-0.4, -0.2) is 35.7 Å². The third kappa shape index (κ3) is 3.34. The van der Waals surface area contributed by atoms with Crippen LogP contribution in [0.15, 0.2) is 41.1 Å². The molecule has 0 aliphatic carbocycles. The van der Waals surface area contributed by atoms with Crippen molar-refractivity contribution in [2.45, 2.75) is 33.3 Å². The van der Waals surface area contributed by atoms with E-state index in [0.29, 0.717) is 17.4 Å². The third-order valence-electron chi connectivity index (χ3n) is 4.43. The largest absolute Gasteiger partial charge is 0.452 e.